The van der Waals surface area contributed by atoms with E-state index in [4.69, 9.17) is 16.3 Å². The minimum atomic E-state index is -1.22. The molecule has 1 aromatic carbocycles. The van der Waals surface area contributed by atoms with Crippen LogP contribution in [0.3, 0.4) is 0 Å². The molecule has 0 fully saturated rings. The average Bonchev–Trinajstić information content (AvgIpc) is 3.17. The molecule has 2 heterocycles. The van der Waals surface area contributed by atoms with Crippen LogP contribution in [-0.4, -0.2) is 33.8 Å². The third-order valence-electron chi connectivity index (χ3n) is 3.78. The molecule has 0 aliphatic rings. The van der Waals surface area contributed by atoms with Crippen LogP contribution in [0.15, 0.2) is 42.7 Å². The maximum atomic E-state index is 13.3. The summed E-state index contributed by atoms with van der Waals surface area (Å²) >= 11 is 5.77. The van der Waals surface area contributed by atoms with Crippen molar-refractivity contribution in [2.75, 3.05) is 12.5 Å². The first kappa shape index (κ1) is 20.2. The number of halogens is 3. The third-order valence-corrected chi connectivity index (χ3v) is 4.09. The van der Waals surface area contributed by atoms with E-state index in [0.29, 0.717) is 23.6 Å². The molecule has 0 atom stereocenters. The maximum Gasteiger partial charge on any atom is 0.272 e. The fraction of sp³-hybridized carbons (Fsp3) is 0.111. The Morgan fingerprint density at radius 1 is 1.21 bits per heavy atom. The number of ether oxygens (including phenoxy) is 1. The van der Waals surface area contributed by atoms with E-state index < -0.39 is 23.4 Å². The van der Waals surface area contributed by atoms with Gasteiger partial charge in [-0.2, -0.15) is 4.79 Å². The van der Waals surface area contributed by atoms with Crippen molar-refractivity contribution in [3.8, 4) is 5.88 Å². The normalized spacial score (nSPS) is 10.5. The van der Waals surface area contributed by atoms with Crippen LogP contribution in [0, 0.1) is 11.6 Å². The first-order chi connectivity index (χ1) is 13.9. The Morgan fingerprint density at radius 2 is 1.97 bits per heavy atom. The number of carbonyl (C=O) groups is 2. The molecule has 2 aromatic heterocycles. The molecule has 2 N–H and O–H groups in total. The zero-order valence-electron chi connectivity index (χ0n) is 14.9. The molecule has 29 heavy (non-hydrogen) atoms. The minimum Gasteiger partial charge on any atom is -0.481 e. The van der Waals surface area contributed by atoms with Gasteiger partial charge in [0.2, 0.25) is 5.88 Å². The second kappa shape index (κ2) is 8.65. The lowest BCUT2D eigenvalue weighted by molar-refractivity contribution is 0.0941. The van der Waals surface area contributed by atoms with Crippen molar-refractivity contribution >= 4 is 23.4 Å². The Hall–Kier alpha value is -3.53. The Bertz CT molecular complexity index is 1070. The van der Waals surface area contributed by atoms with Crippen LogP contribution >= 0.6 is 11.6 Å². The zero-order valence-corrected chi connectivity index (χ0v) is 15.7. The van der Waals surface area contributed by atoms with Crippen LogP contribution in [0.25, 0.3) is 0 Å². The summed E-state index contributed by atoms with van der Waals surface area (Å²) in [5.41, 5.74) is 2.70. The van der Waals surface area contributed by atoms with E-state index in [9.17, 15) is 18.4 Å². The molecule has 0 saturated carbocycles. The van der Waals surface area contributed by atoms with Crippen molar-refractivity contribution in [1.82, 2.24) is 20.2 Å². The Balaban J connectivity index is 1.65. The number of carbonyl (C=O) groups excluding carboxylic acids is 2. The molecule has 0 saturated heterocycles. The Morgan fingerprint density at radius 3 is 2.72 bits per heavy atom. The Labute approximate surface area is 168 Å². The predicted molar refractivity (Wildman–Crippen MR) is 99.2 cm³/mol. The van der Waals surface area contributed by atoms with E-state index in [1.54, 1.807) is 18.3 Å². The fourth-order valence-electron chi connectivity index (χ4n) is 2.38. The standard InChI is InChI=1S/C18H14ClF2N5O3/c1-29-18-10(3-2-5-22-18)9-23-17(28)15-4-6-26(24-15)25-16(27)11-7-13(20)14(21)8-12(11)19/h2-8H,9H2,1H3,(H,23,28)(H,25,27). The molecule has 0 aliphatic carbocycles. The van der Waals surface area contributed by atoms with Gasteiger partial charge in [-0.15, -0.1) is 5.10 Å². The summed E-state index contributed by atoms with van der Waals surface area (Å²) in [6, 6.07) is 6.18. The molecule has 3 rings (SSSR count). The molecule has 3 aromatic rings. The highest BCUT2D eigenvalue weighted by Gasteiger charge is 2.17. The van der Waals surface area contributed by atoms with Crippen LogP contribution in [0.4, 0.5) is 8.78 Å². The molecule has 8 nitrogen and oxygen atoms in total. The second-order valence-corrected chi connectivity index (χ2v) is 6.09. The summed E-state index contributed by atoms with van der Waals surface area (Å²) in [5.74, 6) is -3.34. The zero-order chi connectivity index (χ0) is 21.0. The minimum absolute atomic E-state index is 0.0181. The quantitative estimate of drug-likeness (QED) is 0.596. The monoisotopic (exact) mass is 421 g/mol. The fourth-order valence-corrected chi connectivity index (χ4v) is 2.61. The highest BCUT2D eigenvalue weighted by molar-refractivity contribution is 6.34. The van der Waals surface area contributed by atoms with Crippen molar-refractivity contribution in [3.63, 3.8) is 0 Å². The largest absolute Gasteiger partial charge is 0.481 e. The van der Waals surface area contributed by atoms with Crippen LogP contribution in [0.2, 0.25) is 5.02 Å². The number of nitrogens with zero attached hydrogens (tertiary/aromatic N) is 3. The number of benzene rings is 1. The van der Waals surface area contributed by atoms with Gasteiger partial charge >= 0.3 is 0 Å². The molecule has 0 unspecified atom stereocenters. The van der Waals surface area contributed by atoms with E-state index in [0.717, 1.165) is 4.79 Å². The highest BCUT2D eigenvalue weighted by Crippen LogP contribution is 2.20. The van der Waals surface area contributed by atoms with Crippen molar-refractivity contribution < 1.29 is 23.1 Å². The number of amides is 2. The predicted octanol–water partition coefficient (Wildman–Crippen LogP) is 2.53. The van der Waals surface area contributed by atoms with Crippen molar-refractivity contribution in [3.05, 3.63) is 76.2 Å². The first-order valence-electron chi connectivity index (χ1n) is 8.16. The summed E-state index contributed by atoms with van der Waals surface area (Å²) in [6.07, 6.45) is 2.87. The SMILES string of the molecule is COc1ncccc1CNC(=O)c1ccn(NC(=O)c2cc(F)c(F)cc2Cl)n1. The van der Waals surface area contributed by atoms with Gasteiger partial charge in [0.15, 0.2) is 17.3 Å². The lowest BCUT2D eigenvalue weighted by atomic mass is 10.2. The van der Waals surface area contributed by atoms with Crippen molar-refractivity contribution in [2.45, 2.75) is 6.54 Å². The number of pyridine rings is 1. The van der Waals surface area contributed by atoms with Gasteiger partial charge in [-0.3, -0.25) is 9.59 Å². The summed E-state index contributed by atoms with van der Waals surface area (Å²) in [4.78, 5) is 29.4. The summed E-state index contributed by atoms with van der Waals surface area (Å²) in [5, 5.41) is 6.30. The molecule has 2 amide bonds. The number of hydrogen-bond donors (Lipinski definition) is 2. The van der Waals surface area contributed by atoms with Crippen molar-refractivity contribution in [1.29, 1.82) is 0 Å². The van der Waals surface area contributed by atoms with E-state index in [-0.39, 0.29) is 22.8 Å². The number of aromatic nitrogens is 3. The lowest BCUT2D eigenvalue weighted by Crippen LogP contribution is -2.26. The Kier molecular flexibility index (Phi) is 6.03. The van der Waals surface area contributed by atoms with Crippen LogP contribution < -0.4 is 15.5 Å². The molecular weight excluding hydrogens is 408 g/mol. The summed E-state index contributed by atoms with van der Waals surface area (Å²) < 4.78 is 31.6. The summed E-state index contributed by atoms with van der Waals surface area (Å²) in [7, 11) is 1.47. The summed E-state index contributed by atoms with van der Waals surface area (Å²) in [6.45, 7) is 0.152. The average molecular weight is 422 g/mol. The van der Waals surface area contributed by atoms with Gasteiger partial charge in [0.05, 0.1) is 17.7 Å². The number of nitrogens with one attached hydrogen (secondary N) is 2. The van der Waals surface area contributed by atoms with Gasteiger partial charge in [0.1, 0.15) is 0 Å². The maximum absolute atomic E-state index is 13.3. The van der Waals surface area contributed by atoms with Crippen molar-refractivity contribution in [2.24, 2.45) is 0 Å². The van der Waals surface area contributed by atoms with E-state index in [1.807, 2.05) is 0 Å². The van der Waals surface area contributed by atoms with Crippen LogP contribution in [-0.2, 0) is 6.54 Å². The van der Waals surface area contributed by atoms with Gasteiger partial charge in [-0.25, -0.2) is 19.2 Å². The van der Waals surface area contributed by atoms with Crippen LogP contribution in [0.5, 0.6) is 5.88 Å². The van der Waals surface area contributed by atoms with E-state index >= 15 is 0 Å². The third kappa shape index (κ3) is 4.66. The second-order valence-electron chi connectivity index (χ2n) is 5.69. The number of hydrogen-bond acceptors (Lipinski definition) is 5. The lowest BCUT2D eigenvalue weighted by Gasteiger charge is -2.08. The number of rotatable bonds is 6. The molecule has 0 bridgehead atoms. The van der Waals surface area contributed by atoms with Gasteiger partial charge in [-0.05, 0) is 24.3 Å². The smallest absolute Gasteiger partial charge is 0.272 e. The van der Waals surface area contributed by atoms with Crippen LogP contribution in [0.1, 0.15) is 26.4 Å². The van der Waals surface area contributed by atoms with Gasteiger partial charge in [0, 0.05) is 24.5 Å². The van der Waals surface area contributed by atoms with Gasteiger partial charge < -0.3 is 10.1 Å². The van der Waals surface area contributed by atoms with E-state index in [2.05, 4.69) is 20.8 Å². The van der Waals surface area contributed by atoms with E-state index in [1.165, 1.54) is 19.4 Å². The molecule has 0 radical (unpaired) electrons. The molecule has 11 heteroatoms. The molecule has 150 valence electrons. The molecular formula is C18H14ClF2N5O3. The number of methoxy groups -OCH3 is 1. The molecule has 0 spiro atoms. The molecule has 0 aliphatic heterocycles. The highest BCUT2D eigenvalue weighted by atomic mass is 35.5. The first-order valence-corrected chi connectivity index (χ1v) is 8.54. The van der Waals surface area contributed by atoms with Gasteiger partial charge in [0.25, 0.3) is 11.8 Å². The topological polar surface area (TPSA) is 98.1 Å². The van der Waals surface area contributed by atoms with Gasteiger partial charge in [-0.1, -0.05) is 17.7 Å².